The molecule has 1 heterocycles. The molecule has 0 amide bonds. The Morgan fingerprint density at radius 1 is 1.05 bits per heavy atom. The Kier molecular flexibility index (Phi) is 3.32. The number of nitrogens with zero attached hydrogens (tertiary/aromatic N) is 1. The van der Waals surface area contributed by atoms with Gasteiger partial charge in [0.15, 0.2) is 0 Å². The number of aliphatic hydroxyl groups is 1. The summed E-state index contributed by atoms with van der Waals surface area (Å²) >= 11 is 0. The van der Waals surface area contributed by atoms with Gasteiger partial charge in [-0.25, -0.2) is 0 Å². The maximum atomic E-state index is 13.3. The van der Waals surface area contributed by atoms with Crippen molar-refractivity contribution < 1.29 is 18.3 Å². The summed E-state index contributed by atoms with van der Waals surface area (Å²) in [6.45, 7) is 1.67. The van der Waals surface area contributed by atoms with Crippen molar-refractivity contribution in [3.63, 3.8) is 0 Å². The molecule has 0 saturated carbocycles. The topological polar surface area (TPSA) is 33.1 Å². The van der Waals surface area contributed by atoms with Gasteiger partial charge in [0.05, 0.1) is 5.69 Å². The minimum Gasteiger partial charge on any atom is -0.371 e. The molecule has 1 aromatic heterocycles. The lowest BCUT2D eigenvalue weighted by Gasteiger charge is -2.30. The second kappa shape index (κ2) is 4.66. The Bertz CT molecular complexity index is 568. The highest BCUT2D eigenvalue weighted by atomic mass is 19.4. The van der Waals surface area contributed by atoms with Crippen LogP contribution in [0.1, 0.15) is 16.8 Å². The Morgan fingerprint density at radius 2 is 1.79 bits per heavy atom. The highest BCUT2D eigenvalue weighted by Gasteiger charge is 2.57. The van der Waals surface area contributed by atoms with Crippen molar-refractivity contribution in [2.24, 2.45) is 0 Å². The average molecular weight is 267 g/mol. The van der Waals surface area contributed by atoms with Crippen LogP contribution in [0, 0.1) is 6.92 Å². The van der Waals surface area contributed by atoms with Crippen LogP contribution in [0.15, 0.2) is 48.7 Å². The van der Waals surface area contributed by atoms with Crippen LogP contribution in [0.3, 0.4) is 0 Å². The van der Waals surface area contributed by atoms with Gasteiger partial charge in [-0.1, -0.05) is 35.9 Å². The van der Waals surface area contributed by atoms with Crippen molar-refractivity contribution in [3.05, 3.63) is 65.5 Å². The molecular weight excluding hydrogens is 255 g/mol. The molecule has 2 rings (SSSR count). The van der Waals surface area contributed by atoms with E-state index in [-0.39, 0.29) is 5.56 Å². The molecule has 1 N–H and O–H groups in total. The first-order chi connectivity index (χ1) is 8.85. The molecule has 0 aliphatic rings. The Hall–Kier alpha value is -1.88. The van der Waals surface area contributed by atoms with Gasteiger partial charge in [-0.3, -0.25) is 4.98 Å². The van der Waals surface area contributed by atoms with Gasteiger partial charge in [0, 0.05) is 6.20 Å². The number of benzene rings is 1. The maximum Gasteiger partial charge on any atom is 0.427 e. The summed E-state index contributed by atoms with van der Waals surface area (Å²) in [5.41, 5.74) is -3.14. The lowest BCUT2D eigenvalue weighted by Crippen LogP contribution is -2.44. The molecule has 100 valence electrons. The van der Waals surface area contributed by atoms with Crippen LogP contribution in [0.4, 0.5) is 13.2 Å². The summed E-state index contributed by atoms with van der Waals surface area (Å²) in [4.78, 5) is 3.65. The molecule has 0 aliphatic carbocycles. The number of aryl methyl sites for hydroxylation is 1. The number of pyridine rings is 1. The van der Waals surface area contributed by atoms with Crippen molar-refractivity contribution in [1.82, 2.24) is 4.98 Å². The van der Waals surface area contributed by atoms with Gasteiger partial charge >= 0.3 is 6.18 Å². The van der Waals surface area contributed by atoms with E-state index >= 15 is 0 Å². The molecule has 1 aromatic carbocycles. The molecule has 1 atom stereocenters. The minimum absolute atomic E-state index is 0.237. The van der Waals surface area contributed by atoms with Gasteiger partial charge in [-0.15, -0.1) is 0 Å². The van der Waals surface area contributed by atoms with Crippen LogP contribution in [-0.2, 0) is 5.60 Å². The van der Waals surface area contributed by atoms with Crippen molar-refractivity contribution in [2.45, 2.75) is 18.7 Å². The van der Waals surface area contributed by atoms with E-state index in [4.69, 9.17) is 0 Å². The molecule has 2 aromatic rings. The molecule has 0 aliphatic heterocycles. The summed E-state index contributed by atoms with van der Waals surface area (Å²) in [6, 6.07) is 9.77. The van der Waals surface area contributed by atoms with Crippen LogP contribution in [-0.4, -0.2) is 16.3 Å². The van der Waals surface area contributed by atoms with Gasteiger partial charge in [-0.2, -0.15) is 13.2 Å². The monoisotopic (exact) mass is 267 g/mol. The van der Waals surface area contributed by atoms with Crippen LogP contribution in [0.5, 0.6) is 0 Å². The summed E-state index contributed by atoms with van der Waals surface area (Å²) < 4.78 is 40.0. The molecule has 0 bridgehead atoms. The molecule has 5 heteroatoms. The van der Waals surface area contributed by atoms with E-state index in [1.807, 2.05) is 0 Å². The lowest BCUT2D eigenvalue weighted by atomic mass is 9.88. The highest BCUT2D eigenvalue weighted by Crippen LogP contribution is 2.43. The number of rotatable bonds is 2. The van der Waals surface area contributed by atoms with E-state index in [2.05, 4.69) is 4.98 Å². The van der Waals surface area contributed by atoms with Crippen molar-refractivity contribution in [1.29, 1.82) is 0 Å². The number of aromatic nitrogens is 1. The predicted octanol–water partition coefficient (Wildman–Crippen LogP) is 3.19. The van der Waals surface area contributed by atoms with Gasteiger partial charge < -0.3 is 5.11 Å². The largest absolute Gasteiger partial charge is 0.427 e. The summed E-state index contributed by atoms with van der Waals surface area (Å²) in [5, 5.41) is 10.2. The molecule has 0 fully saturated rings. The van der Waals surface area contributed by atoms with E-state index in [1.165, 1.54) is 36.5 Å². The zero-order valence-corrected chi connectivity index (χ0v) is 10.1. The number of hydrogen-bond donors (Lipinski definition) is 1. The number of halogens is 3. The fourth-order valence-corrected chi connectivity index (χ4v) is 1.90. The van der Waals surface area contributed by atoms with Crippen molar-refractivity contribution >= 4 is 0 Å². The fourth-order valence-electron chi connectivity index (χ4n) is 1.90. The standard InChI is InChI=1S/C14H12F3NO/c1-10-5-4-6-11(9-10)13(19,14(15,16)17)12-7-2-3-8-18-12/h2-9,19H,1H3. The van der Waals surface area contributed by atoms with Crippen molar-refractivity contribution in [2.75, 3.05) is 0 Å². The zero-order chi connectivity index (χ0) is 14.1. The van der Waals surface area contributed by atoms with E-state index in [9.17, 15) is 18.3 Å². The predicted molar refractivity (Wildman–Crippen MR) is 64.5 cm³/mol. The molecular formula is C14H12F3NO. The summed E-state index contributed by atoms with van der Waals surface area (Å²) in [5.74, 6) is 0. The van der Waals surface area contributed by atoms with Crippen LogP contribution >= 0.6 is 0 Å². The quantitative estimate of drug-likeness (QED) is 0.906. The average Bonchev–Trinajstić information content (AvgIpc) is 2.37. The first kappa shape index (κ1) is 13.5. The van der Waals surface area contributed by atoms with Gasteiger partial charge in [0.25, 0.3) is 0 Å². The Morgan fingerprint density at radius 3 is 2.32 bits per heavy atom. The summed E-state index contributed by atoms with van der Waals surface area (Å²) in [6.07, 6.45) is -3.63. The molecule has 1 unspecified atom stereocenters. The van der Waals surface area contributed by atoms with Gasteiger partial charge in [0.2, 0.25) is 5.60 Å². The number of hydrogen-bond acceptors (Lipinski definition) is 2. The molecule has 0 spiro atoms. The molecule has 19 heavy (non-hydrogen) atoms. The first-order valence-corrected chi connectivity index (χ1v) is 5.63. The second-order valence-corrected chi connectivity index (χ2v) is 4.29. The SMILES string of the molecule is Cc1cccc(C(O)(c2ccccn2)C(F)(F)F)c1. The van der Waals surface area contributed by atoms with Crippen LogP contribution in [0.25, 0.3) is 0 Å². The molecule has 2 nitrogen and oxygen atoms in total. The summed E-state index contributed by atoms with van der Waals surface area (Å²) in [7, 11) is 0. The second-order valence-electron chi connectivity index (χ2n) is 4.29. The normalized spacial score (nSPS) is 15.0. The molecule has 0 saturated heterocycles. The highest BCUT2D eigenvalue weighted by molar-refractivity contribution is 5.36. The third kappa shape index (κ3) is 2.33. The third-order valence-corrected chi connectivity index (χ3v) is 2.88. The third-order valence-electron chi connectivity index (χ3n) is 2.88. The number of alkyl halides is 3. The van der Waals surface area contributed by atoms with Gasteiger partial charge in [-0.05, 0) is 24.6 Å². The van der Waals surface area contributed by atoms with E-state index in [0.717, 1.165) is 6.07 Å². The molecule has 0 radical (unpaired) electrons. The Labute approximate surface area is 108 Å². The van der Waals surface area contributed by atoms with E-state index < -0.39 is 17.5 Å². The smallest absolute Gasteiger partial charge is 0.371 e. The van der Waals surface area contributed by atoms with Crippen molar-refractivity contribution in [3.8, 4) is 0 Å². The zero-order valence-electron chi connectivity index (χ0n) is 10.1. The fraction of sp³-hybridized carbons (Fsp3) is 0.214. The minimum atomic E-state index is -4.85. The van der Waals surface area contributed by atoms with E-state index in [1.54, 1.807) is 13.0 Å². The van der Waals surface area contributed by atoms with Crippen LogP contribution < -0.4 is 0 Å². The Balaban J connectivity index is 2.66. The van der Waals surface area contributed by atoms with E-state index in [0.29, 0.717) is 5.56 Å². The van der Waals surface area contributed by atoms with Crippen LogP contribution in [0.2, 0.25) is 0 Å². The maximum absolute atomic E-state index is 13.3. The first-order valence-electron chi connectivity index (χ1n) is 5.63. The van der Waals surface area contributed by atoms with Gasteiger partial charge in [0.1, 0.15) is 0 Å². The lowest BCUT2D eigenvalue weighted by molar-refractivity contribution is -0.249.